The molecule has 0 aliphatic heterocycles. The minimum absolute atomic E-state index is 0.107. The van der Waals surface area contributed by atoms with Gasteiger partial charge < -0.3 is 15.0 Å². The average Bonchev–Trinajstić information content (AvgIpc) is 2.67. The van der Waals surface area contributed by atoms with Crippen LogP contribution in [0.3, 0.4) is 0 Å². The smallest absolute Gasteiger partial charge is 0.340 e. The van der Waals surface area contributed by atoms with Crippen LogP contribution in [0.4, 0.5) is 5.69 Å². The number of amides is 2. The van der Waals surface area contributed by atoms with Gasteiger partial charge in [-0.3, -0.25) is 14.6 Å². The lowest BCUT2D eigenvalue weighted by atomic mass is 10.1. The number of ether oxygens (including phenoxy) is 1. The summed E-state index contributed by atoms with van der Waals surface area (Å²) in [6.07, 6.45) is 2.89. The molecule has 8 heteroatoms. The first-order chi connectivity index (χ1) is 12.9. The molecule has 1 heterocycles. The van der Waals surface area contributed by atoms with Crippen molar-refractivity contribution in [3.8, 4) is 0 Å². The standard InChI is InChI=1S/C19H20BrN3O4/c1-3-23(4-2)18(25)13-6-5-7-16(9-13)22-17(24)12-27-19(26)14-8-15(20)11-21-10-14/h5-11H,3-4,12H2,1-2H3,(H,22,24). The number of anilines is 1. The molecular weight excluding hydrogens is 414 g/mol. The van der Waals surface area contributed by atoms with Gasteiger partial charge in [0.25, 0.3) is 11.8 Å². The maximum atomic E-state index is 12.4. The van der Waals surface area contributed by atoms with Crippen molar-refractivity contribution in [3.63, 3.8) is 0 Å². The van der Waals surface area contributed by atoms with Gasteiger partial charge in [0.05, 0.1) is 5.56 Å². The molecule has 142 valence electrons. The van der Waals surface area contributed by atoms with E-state index >= 15 is 0 Å². The average molecular weight is 434 g/mol. The Hall–Kier alpha value is -2.74. The number of halogens is 1. The van der Waals surface area contributed by atoms with E-state index in [1.54, 1.807) is 35.2 Å². The van der Waals surface area contributed by atoms with Gasteiger partial charge in [-0.15, -0.1) is 0 Å². The number of pyridine rings is 1. The van der Waals surface area contributed by atoms with Gasteiger partial charge in [0, 0.05) is 41.2 Å². The van der Waals surface area contributed by atoms with Crippen molar-refractivity contribution < 1.29 is 19.1 Å². The topological polar surface area (TPSA) is 88.6 Å². The van der Waals surface area contributed by atoms with Crippen LogP contribution in [0.1, 0.15) is 34.6 Å². The molecule has 1 N–H and O–H groups in total. The first-order valence-electron chi connectivity index (χ1n) is 8.41. The van der Waals surface area contributed by atoms with Gasteiger partial charge in [0.15, 0.2) is 6.61 Å². The van der Waals surface area contributed by atoms with E-state index in [-0.39, 0.29) is 11.5 Å². The largest absolute Gasteiger partial charge is 0.452 e. The van der Waals surface area contributed by atoms with Crippen LogP contribution in [0, 0.1) is 0 Å². The third-order valence-electron chi connectivity index (χ3n) is 3.72. The summed E-state index contributed by atoms with van der Waals surface area (Å²) in [4.78, 5) is 41.9. The molecule has 0 bridgehead atoms. The molecule has 0 unspecified atom stereocenters. The highest BCUT2D eigenvalue weighted by molar-refractivity contribution is 9.10. The lowest BCUT2D eigenvalue weighted by Crippen LogP contribution is -2.30. The molecule has 0 aliphatic rings. The Morgan fingerprint density at radius 1 is 1.11 bits per heavy atom. The number of hydrogen-bond acceptors (Lipinski definition) is 5. The zero-order chi connectivity index (χ0) is 19.8. The number of nitrogens with one attached hydrogen (secondary N) is 1. The molecule has 0 atom stereocenters. The molecule has 2 aromatic rings. The highest BCUT2D eigenvalue weighted by Gasteiger charge is 2.14. The molecule has 0 fully saturated rings. The van der Waals surface area contributed by atoms with Crippen LogP contribution < -0.4 is 5.32 Å². The fourth-order valence-corrected chi connectivity index (χ4v) is 2.72. The predicted molar refractivity (Wildman–Crippen MR) is 105 cm³/mol. The molecule has 2 amide bonds. The first kappa shape index (κ1) is 20.6. The zero-order valence-corrected chi connectivity index (χ0v) is 16.7. The zero-order valence-electron chi connectivity index (χ0n) is 15.1. The van der Waals surface area contributed by atoms with Crippen molar-refractivity contribution in [2.45, 2.75) is 13.8 Å². The van der Waals surface area contributed by atoms with Crippen LogP contribution in [-0.4, -0.2) is 47.4 Å². The quantitative estimate of drug-likeness (QED) is 0.677. The Morgan fingerprint density at radius 2 is 1.85 bits per heavy atom. The van der Waals surface area contributed by atoms with E-state index < -0.39 is 18.5 Å². The van der Waals surface area contributed by atoms with E-state index in [2.05, 4.69) is 26.2 Å². The summed E-state index contributed by atoms with van der Waals surface area (Å²) >= 11 is 3.21. The highest BCUT2D eigenvalue weighted by Crippen LogP contribution is 2.13. The van der Waals surface area contributed by atoms with E-state index in [0.717, 1.165) is 0 Å². The van der Waals surface area contributed by atoms with Gasteiger partial charge in [0.1, 0.15) is 0 Å². The van der Waals surface area contributed by atoms with Crippen LogP contribution in [0.15, 0.2) is 47.2 Å². The van der Waals surface area contributed by atoms with Crippen LogP contribution in [0.2, 0.25) is 0 Å². The molecule has 1 aromatic carbocycles. The van der Waals surface area contributed by atoms with Gasteiger partial charge in [-0.1, -0.05) is 6.07 Å². The number of hydrogen-bond donors (Lipinski definition) is 1. The van der Waals surface area contributed by atoms with Crippen molar-refractivity contribution in [1.29, 1.82) is 0 Å². The van der Waals surface area contributed by atoms with E-state index in [9.17, 15) is 14.4 Å². The van der Waals surface area contributed by atoms with Crippen molar-refractivity contribution >= 4 is 39.4 Å². The van der Waals surface area contributed by atoms with E-state index in [1.165, 1.54) is 12.4 Å². The molecule has 27 heavy (non-hydrogen) atoms. The first-order valence-corrected chi connectivity index (χ1v) is 9.20. The summed E-state index contributed by atoms with van der Waals surface area (Å²) in [5.74, 6) is -1.26. The van der Waals surface area contributed by atoms with Gasteiger partial charge in [0.2, 0.25) is 0 Å². The summed E-state index contributed by atoms with van der Waals surface area (Å²) in [6.45, 7) is 4.57. The third kappa shape index (κ3) is 5.89. The minimum Gasteiger partial charge on any atom is -0.452 e. The Balaban J connectivity index is 1.95. The second-order valence-corrected chi connectivity index (χ2v) is 6.49. The Bertz CT molecular complexity index is 837. The third-order valence-corrected chi connectivity index (χ3v) is 4.15. The van der Waals surface area contributed by atoms with Crippen molar-refractivity contribution in [1.82, 2.24) is 9.88 Å². The van der Waals surface area contributed by atoms with Crippen molar-refractivity contribution in [2.75, 3.05) is 25.0 Å². The van der Waals surface area contributed by atoms with E-state index in [0.29, 0.717) is 28.8 Å². The van der Waals surface area contributed by atoms with E-state index in [4.69, 9.17) is 4.74 Å². The molecule has 2 rings (SSSR count). The number of esters is 1. The number of aromatic nitrogens is 1. The molecule has 0 radical (unpaired) electrons. The second kappa shape index (κ2) is 9.82. The van der Waals surface area contributed by atoms with Gasteiger partial charge in [-0.2, -0.15) is 0 Å². The Morgan fingerprint density at radius 3 is 2.52 bits per heavy atom. The summed E-state index contributed by atoms with van der Waals surface area (Å²) in [5, 5.41) is 2.62. The van der Waals surface area contributed by atoms with Crippen LogP contribution in [0.25, 0.3) is 0 Å². The maximum absolute atomic E-state index is 12.4. The number of rotatable bonds is 7. The second-order valence-electron chi connectivity index (χ2n) is 5.57. The van der Waals surface area contributed by atoms with E-state index in [1.807, 2.05) is 13.8 Å². The highest BCUT2D eigenvalue weighted by atomic mass is 79.9. The summed E-state index contributed by atoms with van der Waals surface area (Å²) in [7, 11) is 0. The fourth-order valence-electron chi connectivity index (χ4n) is 2.36. The van der Waals surface area contributed by atoms with Gasteiger partial charge in [-0.05, 0) is 54.0 Å². The normalized spacial score (nSPS) is 10.2. The summed E-state index contributed by atoms with van der Waals surface area (Å²) < 4.78 is 5.62. The summed E-state index contributed by atoms with van der Waals surface area (Å²) in [6, 6.07) is 8.19. The lowest BCUT2D eigenvalue weighted by Gasteiger charge is -2.19. The molecular formula is C19H20BrN3O4. The molecule has 0 spiro atoms. The van der Waals surface area contributed by atoms with Gasteiger partial charge >= 0.3 is 5.97 Å². The Labute approximate surface area is 165 Å². The minimum atomic E-state index is -0.649. The van der Waals surface area contributed by atoms with Crippen LogP contribution >= 0.6 is 15.9 Å². The number of nitrogens with zero attached hydrogens (tertiary/aromatic N) is 2. The monoisotopic (exact) mass is 433 g/mol. The molecule has 0 saturated carbocycles. The number of carbonyl (C=O) groups excluding carboxylic acids is 3. The molecule has 0 saturated heterocycles. The Kier molecular flexibility index (Phi) is 7.48. The fraction of sp³-hybridized carbons (Fsp3) is 0.263. The maximum Gasteiger partial charge on any atom is 0.340 e. The SMILES string of the molecule is CCN(CC)C(=O)c1cccc(NC(=O)COC(=O)c2cncc(Br)c2)c1. The van der Waals surface area contributed by atoms with Crippen LogP contribution in [-0.2, 0) is 9.53 Å². The lowest BCUT2D eigenvalue weighted by molar-refractivity contribution is -0.119. The molecule has 0 aliphatic carbocycles. The summed E-state index contributed by atoms with van der Waals surface area (Å²) in [5.41, 5.74) is 1.18. The molecule has 1 aromatic heterocycles. The predicted octanol–water partition coefficient (Wildman–Crippen LogP) is 3.12. The molecule has 7 nitrogen and oxygen atoms in total. The van der Waals surface area contributed by atoms with Crippen molar-refractivity contribution in [2.24, 2.45) is 0 Å². The number of carbonyl (C=O) groups is 3. The van der Waals surface area contributed by atoms with Crippen LogP contribution in [0.5, 0.6) is 0 Å². The number of benzene rings is 1. The van der Waals surface area contributed by atoms with Gasteiger partial charge in [-0.25, -0.2) is 4.79 Å². The van der Waals surface area contributed by atoms with Crippen molar-refractivity contribution in [3.05, 3.63) is 58.3 Å².